The van der Waals surface area contributed by atoms with Crippen molar-refractivity contribution in [3.05, 3.63) is 70.2 Å². The topological polar surface area (TPSA) is 60.7 Å². The van der Waals surface area contributed by atoms with E-state index in [2.05, 4.69) is 15.0 Å². The molecule has 0 saturated heterocycles. The summed E-state index contributed by atoms with van der Waals surface area (Å²) in [7, 11) is 0. The zero-order chi connectivity index (χ0) is 20.6. The Morgan fingerprint density at radius 1 is 1.18 bits per heavy atom. The number of carbonyl (C=O) groups excluding carboxylic acids is 1. The molecule has 1 unspecified atom stereocenters. The Hall–Kier alpha value is -2.74. The quantitative estimate of drug-likeness (QED) is 0.588. The van der Waals surface area contributed by atoms with Gasteiger partial charge in [-0.2, -0.15) is 13.2 Å². The van der Waals surface area contributed by atoms with Crippen LogP contribution in [0.1, 0.15) is 41.3 Å². The highest BCUT2D eigenvalue weighted by Crippen LogP contribution is 2.32. The van der Waals surface area contributed by atoms with E-state index in [9.17, 15) is 18.0 Å². The molecular formula is C19H16ClF3N4O. The van der Waals surface area contributed by atoms with Crippen molar-refractivity contribution in [1.82, 2.24) is 19.5 Å². The molecule has 0 aliphatic heterocycles. The third kappa shape index (κ3) is 3.77. The molecule has 3 aromatic heterocycles. The number of Topliss-reactive ketones (excluding diaryl/α,β-unsaturated/α-hetero) is 1. The minimum absolute atomic E-state index is 0.0821. The summed E-state index contributed by atoms with van der Waals surface area (Å²) in [5.41, 5.74) is 0.573. The summed E-state index contributed by atoms with van der Waals surface area (Å²) in [6.07, 6.45) is -3.07. The molecule has 28 heavy (non-hydrogen) atoms. The van der Waals surface area contributed by atoms with Crippen molar-refractivity contribution in [1.29, 1.82) is 0 Å². The number of rotatable bonds is 4. The first-order valence-electron chi connectivity index (χ1n) is 8.32. The van der Waals surface area contributed by atoms with Crippen molar-refractivity contribution in [2.24, 2.45) is 0 Å². The Kier molecular flexibility index (Phi) is 5.25. The van der Waals surface area contributed by atoms with Gasteiger partial charge in [0.15, 0.2) is 0 Å². The second kappa shape index (κ2) is 7.35. The van der Waals surface area contributed by atoms with Crippen LogP contribution in [0.2, 0.25) is 5.15 Å². The van der Waals surface area contributed by atoms with Crippen LogP contribution in [0.15, 0.2) is 36.5 Å². The van der Waals surface area contributed by atoms with E-state index >= 15 is 0 Å². The predicted octanol–water partition coefficient (Wildman–Crippen LogP) is 4.67. The third-order valence-electron chi connectivity index (χ3n) is 4.33. The maximum absolute atomic E-state index is 13.0. The smallest absolute Gasteiger partial charge is 0.299 e. The fraction of sp³-hybridized carbons (Fsp3) is 0.263. The first kappa shape index (κ1) is 20.0. The van der Waals surface area contributed by atoms with Crippen molar-refractivity contribution in [3.8, 4) is 5.82 Å². The number of aromatic nitrogens is 4. The highest BCUT2D eigenvalue weighted by Gasteiger charge is 2.33. The molecule has 1 atom stereocenters. The zero-order valence-corrected chi connectivity index (χ0v) is 16.0. The van der Waals surface area contributed by atoms with Crippen LogP contribution in [0, 0.1) is 13.8 Å². The SMILES string of the molecule is CC(=O)C(c1ccnc(Cl)c1)c1nc(C)n(-c2cccc(C(F)(F)F)n2)c1C. The first-order valence-corrected chi connectivity index (χ1v) is 8.69. The van der Waals surface area contributed by atoms with Crippen molar-refractivity contribution in [3.63, 3.8) is 0 Å². The molecule has 0 bridgehead atoms. The van der Waals surface area contributed by atoms with E-state index < -0.39 is 17.8 Å². The van der Waals surface area contributed by atoms with Crippen LogP contribution >= 0.6 is 11.6 Å². The highest BCUT2D eigenvalue weighted by atomic mass is 35.5. The van der Waals surface area contributed by atoms with Crippen molar-refractivity contribution in [2.45, 2.75) is 32.9 Å². The third-order valence-corrected chi connectivity index (χ3v) is 4.54. The Balaban J connectivity index is 2.15. The number of ketones is 1. The van der Waals surface area contributed by atoms with Gasteiger partial charge in [-0.25, -0.2) is 15.0 Å². The summed E-state index contributed by atoms with van der Waals surface area (Å²) >= 11 is 5.95. The lowest BCUT2D eigenvalue weighted by Gasteiger charge is -2.14. The lowest BCUT2D eigenvalue weighted by Crippen LogP contribution is -2.14. The number of hydrogen-bond acceptors (Lipinski definition) is 4. The number of aryl methyl sites for hydroxylation is 1. The fourth-order valence-electron chi connectivity index (χ4n) is 3.16. The Bertz CT molecular complexity index is 1050. The van der Waals surface area contributed by atoms with E-state index in [1.54, 1.807) is 26.0 Å². The molecule has 3 aromatic rings. The number of halogens is 4. The number of nitrogens with zero attached hydrogens (tertiary/aromatic N) is 4. The van der Waals surface area contributed by atoms with Crippen LogP contribution in [0.25, 0.3) is 5.82 Å². The van der Waals surface area contributed by atoms with Crippen LogP contribution < -0.4 is 0 Å². The molecule has 5 nitrogen and oxygen atoms in total. The highest BCUT2D eigenvalue weighted by molar-refractivity contribution is 6.29. The van der Waals surface area contributed by atoms with Gasteiger partial charge in [-0.1, -0.05) is 17.7 Å². The van der Waals surface area contributed by atoms with Gasteiger partial charge in [0.1, 0.15) is 28.3 Å². The number of alkyl halides is 3. The van der Waals surface area contributed by atoms with E-state index in [-0.39, 0.29) is 16.8 Å². The number of pyridine rings is 2. The summed E-state index contributed by atoms with van der Waals surface area (Å²) in [6, 6.07) is 6.89. The summed E-state index contributed by atoms with van der Waals surface area (Å²) in [4.78, 5) is 24.5. The van der Waals surface area contributed by atoms with Crippen LogP contribution in [0.4, 0.5) is 13.2 Å². The lowest BCUT2D eigenvalue weighted by atomic mass is 9.92. The average molecular weight is 409 g/mol. The standard InChI is InChI=1S/C19H16ClF3N4O/c1-10-18(17(11(2)28)13-7-8-24-15(20)9-13)25-12(3)27(10)16-6-4-5-14(26-16)19(21,22)23/h4-9,17H,1-3H3. The molecule has 0 amide bonds. The molecule has 0 N–H and O–H groups in total. The van der Waals surface area contributed by atoms with Gasteiger partial charge in [0, 0.05) is 11.9 Å². The monoisotopic (exact) mass is 408 g/mol. The van der Waals surface area contributed by atoms with E-state index in [0.29, 0.717) is 22.8 Å². The minimum Gasteiger partial charge on any atom is -0.299 e. The second-order valence-electron chi connectivity index (χ2n) is 6.30. The molecule has 146 valence electrons. The zero-order valence-electron chi connectivity index (χ0n) is 15.3. The van der Waals surface area contributed by atoms with Gasteiger partial charge in [-0.15, -0.1) is 0 Å². The van der Waals surface area contributed by atoms with Gasteiger partial charge in [0.25, 0.3) is 0 Å². The largest absolute Gasteiger partial charge is 0.433 e. The van der Waals surface area contributed by atoms with Crippen LogP contribution in [-0.2, 0) is 11.0 Å². The van der Waals surface area contributed by atoms with Gasteiger partial charge in [-0.05, 0) is 50.6 Å². The number of imidazole rings is 1. The molecule has 0 saturated carbocycles. The molecule has 0 fully saturated rings. The van der Waals surface area contributed by atoms with E-state index in [1.807, 2.05) is 0 Å². The van der Waals surface area contributed by atoms with Gasteiger partial charge < -0.3 is 0 Å². The summed E-state index contributed by atoms with van der Waals surface area (Å²) in [5.74, 6) is -0.386. The average Bonchev–Trinajstić information content (AvgIpc) is 2.88. The normalized spacial score (nSPS) is 12.8. The van der Waals surface area contributed by atoms with Gasteiger partial charge in [-0.3, -0.25) is 9.36 Å². The van der Waals surface area contributed by atoms with Crippen molar-refractivity contribution >= 4 is 17.4 Å². The molecule has 0 aliphatic rings. The molecular weight excluding hydrogens is 393 g/mol. The van der Waals surface area contributed by atoms with Crippen molar-refractivity contribution < 1.29 is 18.0 Å². The lowest BCUT2D eigenvalue weighted by molar-refractivity contribution is -0.141. The fourth-order valence-corrected chi connectivity index (χ4v) is 3.34. The second-order valence-corrected chi connectivity index (χ2v) is 6.69. The van der Waals surface area contributed by atoms with Crippen LogP contribution in [-0.4, -0.2) is 25.3 Å². The van der Waals surface area contributed by atoms with Gasteiger partial charge in [0.2, 0.25) is 0 Å². The maximum atomic E-state index is 13.0. The molecule has 3 heterocycles. The molecule has 0 aromatic carbocycles. The Morgan fingerprint density at radius 2 is 1.89 bits per heavy atom. The van der Waals surface area contributed by atoms with E-state index in [1.165, 1.54) is 29.8 Å². The predicted molar refractivity (Wildman–Crippen MR) is 97.6 cm³/mol. The van der Waals surface area contributed by atoms with Gasteiger partial charge in [0.05, 0.1) is 11.6 Å². The minimum atomic E-state index is -4.56. The maximum Gasteiger partial charge on any atom is 0.433 e. The number of carbonyl (C=O) groups is 1. The van der Waals surface area contributed by atoms with Crippen molar-refractivity contribution in [2.75, 3.05) is 0 Å². The van der Waals surface area contributed by atoms with E-state index in [4.69, 9.17) is 11.6 Å². The Labute approximate surface area is 164 Å². The molecule has 9 heteroatoms. The summed E-state index contributed by atoms with van der Waals surface area (Å²) in [5, 5.41) is 0.233. The van der Waals surface area contributed by atoms with Crippen LogP contribution in [0.3, 0.4) is 0 Å². The molecule has 0 aliphatic carbocycles. The van der Waals surface area contributed by atoms with Gasteiger partial charge >= 0.3 is 6.18 Å². The summed E-state index contributed by atoms with van der Waals surface area (Å²) in [6.45, 7) is 4.76. The molecule has 3 rings (SSSR count). The summed E-state index contributed by atoms with van der Waals surface area (Å²) < 4.78 is 40.6. The molecule has 0 radical (unpaired) electrons. The van der Waals surface area contributed by atoms with E-state index in [0.717, 1.165) is 6.07 Å². The van der Waals surface area contributed by atoms with Crippen LogP contribution in [0.5, 0.6) is 0 Å². The first-order chi connectivity index (χ1) is 13.1. The Morgan fingerprint density at radius 3 is 2.50 bits per heavy atom. The number of hydrogen-bond donors (Lipinski definition) is 0. The molecule has 0 spiro atoms.